The lowest BCUT2D eigenvalue weighted by Crippen LogP contribution is -2.13. The zero-order valence-electron chi connectivity index (χ0n) is 18.7. The topological polar surface area (TPSA) is 90.6 Å². The van der Waals surface area contributed by atoms with Gasteiger partial charge in [0.15, 0.2) is 0 Å². The van der Waals surface area contributed by atoms with Crippen molar-refractivity contribution >= 4 is 23.4 Å². The third-order valence-corrected chi connectivity index (χ3v) is 2.99. The maximum Gasteiger partial charge on any atom is 0.411 e. The van der Waals surface area contributed by atoms with E-state index < -0.39 is 6.09 Å². The van der Waals surface area contributed by atoms with E-state index in [9.17, 15) is 9.59 Å². The van der Waals surface area contributed by atoms with Gasteiger partial charge in [0.2, 0.25) is 0 Å². The zero-order valence-corrected chi connectivity index (χ0v) is 18.7. The van der Waals surface area contributed by atoms with E-state index in [-0.39, 0.29) is 19.2 Å². The van der Waals surface area contributed by atoms with Crippen LogP contribution in [0, 0.1) is 0 Å². The van der Waals surface area contributed by atoms with Crippen molar-refractivity contribution < 1.29 is 19.1 Å². The first-order valence-electron chi connectivity index (χ1n) is 10.0. The molecule has 0 atom stereocenters. The first-order valence-corrected chi connectivity index (χ1v) is 10.0. The molecular formula is C23H36N2O4. The summed E-state index contributed by atoms with van der Waals surface area (Å²) in [6.45, 7) is 13.7. The molecule has 6 nitrogen and oxygen atoms in total. The first-order chi connectivity index (χ1) is 14.0. The van der Waals surface area contributed by atoms with Gasteiger partial charge in [-0.25, -0.2) is 4.79 Å². The maximum atomic E-state index is 11.7. The van der Waals surface area contributed by atoms with Crippen LogP contribution in [0.4, 0.5) is 16.2 Å². The number of carbonyl (C=O) groups excluding carboxylic acids is 2. The van der Waals surface area contributed by atoms with Gasteiger partial charge >= 0.3 is 12.1 Å². The molecule has 2 rings (SSSR count). The lowest BCUT2D eigenvalue weighted by Gasteiger charge is -2.08. The summed E-state index contributed by atoms with van der Waals surface area (Å²) in [5.41, 5.74) is 8.53. The van der Waals surface area contributed by atoms with Gasteiger partial charge in [0.25, 0.3) is 0 Å². The summed E-state index contributed by atoms with van der Waals surface area (Å²) in [5, 5.41) is 2.62. The van der Waals surface area contributed by atoms with Crippen LogP contribution in [0.3, 0.4) is 0 Å². The van der Waals surface area contributed by atoms with E-state index >= 15 is 0 Å². The molecular weight excluding hydrogens is 368 g/mol. The Morgan fingerprint density at radius 2 is 1.17 bits per heavy atom. The molecule has 0 spiro atoms. The fourth-order valence-electron chi connectivity index (χ4n) is 1.79. The van der Waals surface area contributed by atoms with Gasteiger partial charge in [-0.1, -0.05) is 65.8 Å². The molecule has 3 N–H and O–H groups in total. The molecule has 0 heterocycles. The second-order valence-corrected chi connectivity index (χ2v) is 4.92. The van der Waals surface area contributed by atoms with Crippen molar-refractivity contribution in [2.24, 2.45) is 0 Å². The van der Waals surface area contributed by atoms with E-state index in [2.05, 4.69) is 5.32 Å². The molecule has 0 unspecified atom stereocenters. The number of hydrogen-bond donors (Lipinski definition) is 2. The van der Waals surface area contributed by atoms with Crippen LogP contribution in [0.1, 0.15) is 59.6 Å². The van der Waals surface area contributed by atoms with E-state index in [4.69, 9.17) is 15.2 Å². The van der Waals surface area contributed by atoms with Crippen molar-refractivity contribution in [2.45, 2.75) is 61.7 Å². The Balaban J connectivity index is 0. The Morgan fingerprint density at radius 1 is 0.759 bits per heavy atom. The molecule has 0 aliphatic carbocycles. The Kier molecular flexibility index (Phi) is 17.8. The third-order valence-electron chi connectivity index (χ3n) is 2.99. The van der Waals surface area contributed by atoms with Crippen LogP contribution < -0.4 is 11.1 Å². The third kappa shape index (κ3) is 13.7. The second-order valence-electron chi connectivity index (χ2n) is 4.92. The predicted molar refractivity (Wildman–Crippen MR) is 121 cm³/mol. The van der Waals surface area contributed by atoms with Crippen molar-refractivity contribution in [3.05, 3.63) is 59.7 Å². The van der Waals surface area contributed by atoms with Gasteiger partial charge < -0.3 is 15.2 Å². The van der Waals surface area contributed by atoms with Crippen LogP contribution in [0.2, 0.25) is 0 Å². The zero-order chi connectivity index (χ0) is 22.7. The summed E-state index contributed by atoms with van der Waals surface area (Å²) >= 11 is 0. The number of nitrogens with two attached hydrogens (primary N) is 1. The predicted octanol–water partition coefficient (Wildman–Crippen LogP) is 6.16. The molecule has 1 amide bonds. The van der Waals surface area contributed by atoms with Gasteiger partial charge in [-0.2, -0.15) is 0 Å². The number of esters is 1. The van der Waals surface area contributed by atoms with Gasteiger partial charge in [0.1, 0.15) is 13.2 Å². The maximum absolute atomic E-state index is 11.7. The molecule has 29 heavy (non-hydrogen) atoms. The summed E-state index contributed by atoms with van der Waals surface area (Å²) in [4.78, 5) is 22.5. The fourth-order valence-corrected chi connectivity index (χ4v) is 1.79. The number of carbonyl (C=O) groups is 2. The average molecular weight is 405 g/mol. The number of rotatable bonds is 5. The lowest BCUT2D eigenvalue weighted by atomic mass is 10.2. The Hall–Kier alpha value is -3.02. The van der Waals surface area contributed by atoms with Crippen molar-refractivity contribution in [3.63, 3.8) is 0 Å². The highest BCUT2D eigenvalue weighted by atomic mass is 16.5. The summed E-state index contributed by atoms with van der Waals surface area (Å²) in [5.74, 6) is -0.335. The number of hydrogen-bond acceptors (Lipinski definition) is 5. The van der Waals surface area contributed by atoms with Gasteiger partial charge in [-0.15, -0.1) is 0 Å². The van der Waals surface area contributed by atoms with E-state index in [1.54, 1.807) is 48.5 Å². The molecule has 0 aromatic heterocycles. The molecule has 2 aromatic carbocycles. The van der Waals surface area contributed by atoms with Crippen LogP contribution >= 0.6 is 0 Å². The van der Waals surface area contributed by atoms with Crippen LogP contribution in [0.25, 0.3) is 0 Å². The fraction of sp³-hybridized carbons (Fsp3) is 0.391. The second kappa shape index (κ2) is 18.3. The average Bonchev–Trinajstić information content (AvgIpc) is 2.77. The van der Waals surface area contributed by atoms with Crippen LogP contribution in [-0.2, 0) is 27.5 Å². The van der Waals surface area contributed by atoms with Gasteiger partial charge in [-0.3, -0.25) is 10.1 Å². The molecule has 0 bridgehead atoms. The standard InChI is InChI=1S/C17H18N2O4.3C2H6/c1-12(20)22-10-14-4-8-16(9-5-14)19-17(21)23-11-13-2-6-15(18)7-3-13;3*1-2/h2-9H,10-11,18H2,1H3,(H,19,21);3*1-2H3. The molecule has 0 saturated carbocycles. The van der Waals surface area contributed by atoms with Gasteiger partial charge in [-0.05, 0) is 35.4 Å². The van der Waals surface area contributed by atoms with Crippen molar-refractivity contribution in [2.75, 3.05) is 11.1 Å². The van der Waals surface area contributed by atoms with Crippen LogP contribution in [-0.4, -0.2) is 12.1 Å². The Bertz CT molecular complexity index is 668. The lowest BCUT2D eigenvalue weighted by molar-refractivity contribution is -0.142. The Labute approximate surface area is 175 Å². The number of anilines is 2. The molecule has 0 saturated heterocycles. The van der Waals surface area contributed by atoms with Gasteiger partial charge in [0.05, 0.1) is 0 Å². The molecule has 2 aromatic rings. The molecule has 6 heteroatoms. The summed E-state index contributed by atoms with van der Waals surface area (Å²) in [7, 11) is 0. The van der Waals surface area contributed by atoms with E-state index in [0.29, 0.717) is 11.4 Å². The minimum Gasteiger partial charge on any atom is -0.461 e. The molecule has 0 fully saturated rings. The number of ether oxygens (including phenoxy) is 2. The minimum atomic E-state index is -0.547. The van der Waals surface area contributed by atoms with Crippen LogP contribution in [0.5, 0.6) is 0 Å². The summed E-state index contributed by atoms with van der Waals surface area (Å²) in [6, 6.07) is 14.0. The normalized spacial score (nSPS) is 8.52. The van der Waals surface area contributed by atoms with Crippen LogP contribution in [0.15, 0.2) is 48.5 Å². The summed E-state index contributed by atoms with van der Waals surface area (Å²) in [6.07, 6.45) is -0.547. The van der Waals surface area contributed by atoms with Crippen molar-refractivity contribution in [3.8, 4) is 0 Å². The highest BCUT2D eigenvalue weighted by molar-refractivity contribution is 5.84. The number of benzene rings is 2. The molecule has 0 radical (unpaired) electrons. The van der Waals surface area contributed by atoms with Crippen molar-refractivity contribution in [1.82, 2.24) is 0 Å². The monoisotopic (exact) mass is 404 g/mol. The molecule has 162 valence electrons. The highest BCUT2D eigenvalue weighted by Crippen LogP contribution is 2.12. The largest absolute Gasteiger partial charge is 0.461 e. The quantitative estimate of drug-likeness (QED) is 0.460. The van der Waals surface area contributed by atoms with Gasteiger partial charge in [0, 0.05) is 18.3 Å². The number of amides is 1. The van der Waals surface area contributed by atoms with E-state index in [1.165, 1.54) is 6.92 Å². The smallest absolute Gasteiger partial charge is 0.411 e. The summed E-state index contributed by atoms with van der Waals surface area (Å²) < 4.78 is 10.0. The number of nitrogen functional groups attached to an aromatic ring is 1. The van der Waals surface area contributed by atoms with Crippen molar-refractivity contribution in [1.29, 1.82) is 0 Å². The Morgan fingerprint density at radius 3 is 1.62 bits per heavy atom. The van der Waals surface area contributed by atoms with E-state index in [1.807, 2.05) is 41.5 Å². The highest BCUT2D eigenvalue weighted by Gasteiger charge is 2.04. The number of nitrogens with one attached hydrogen (secondary N) is 1. The minimum absolute atomic E-state index is 0.163. The molecule has 0 aliphatic heterocycles. The van der Waals surface area contributed by atoms with E-state index in [0.717, 1.165) is 11.1 Å². The first kappa shape index (κ1) is 28.2. The molecule has 0 aliphatic rings. The SMILES string of the molecule is CC.CC.CC.CC(=O)OCc1ccc(NC(=O)OCc2ccc(N)cc2)cc1.